The number of carbonyl (C=O) groups excluding carboxylic acids is 2. The zero-order chi connectivity index (χ0) is 28.0. The summed E-state index contributed by atoms with van der Waals surface area (Å²) in [5, 5.41) is 0. The maximum absolute atomic E-state index is 12.7. The second kappa shape index (κ2) is 16.0. The van der Waals surface area contributed by atoms with Crippen LogP contribution in [0.1, 0.15) is 102 Å². The van der Waals surface area contributed by atoms with E-state index in [0.29, 0.717) is 17.1 Å². The predicted molar refractivity (Wildman–Crippen MR) is 159 cm³/mol. The van der Waals surface area contributed by atoms with Crippen molar-refractivity contribution in [3.8, 4) is 5.75 Å². The molecule has 0 saturated heterocycles. The highest BCUT2D eigenvalue weighted by atomic mass is 16.5. The highest BCUT2D eigenvalue weighted by Crippen LogP contribution is 2.33. The summed E-state index contributed by atoms with van der Waals surface area (Å²) < 4.78 is 11.0. The summed E-state index contributed by atoms with van der Waals surface area (Å²) in [5.74, 6) is 0.697. The molecular formula is C33H46N2O4. The van der Waals surface area contributed by atoms with E-state index in [-0.39, 0.29) is 24.4 Å². The highest BCUT2D eigenvalue weighted by molar-refractivity contribution is 5.87. The molecule has 6 heteroatoms. The van der Waals surface area contributed by atoms with Crippen molar-refractivity contribution in [1.29, 1.82) is 0 Å². The largest absolute Gasteiger partial charge is 0.462 e. The SMILES string of the molecule is CCCCCCCCC1CCC(C(=O)Oc2ccc(C=CC(=O)OCC(C)c3cc(N)cc(N)c3)cc2)CC1. The van der Waals surface area contributed by atoms with Crippen molar-refractivity contribution in [2.45, 2.75) is 90.4 Å². The van der Waals surface area contributed by atoms with Gasteiger partial charge in [0.2, 0.25) is 0 Å². The molecule has 0 aliphatic heterocycles. The Bertz CT molecular complexity index is 1050. The van der Waals surface area contributed by atoms with Crippen molar-refractivity contribution in [3.63, 3.8) is 0 Å². The van der Waals surface area contributed by atoms with Gasteiger partial charge in [-0.2, -0.15) is 0 Å². The molecule has 1 saturated carbocycles. The number of esters is 2. The van der Waals surface area contributed by atoms with Crippen molar-refractivity contribution in [2.75, 3.05) is 18.1 Å². The van der Waals surface area contributed by atoms with Crippen LogP contribution in [0.3, 0.4) is 0 Å². The molecule has 1 unspecified atom stereocenters. The van der Waals surface area contributed by atoms with E-state index in [1.165, 1.54) is 51.0 Å². The normalized spacial score (nSPS) is 18.1. The molecule has 0 radical (unpaired) electrons. The van der Waals surface area contributed by atoms with Crippen molar-refractivity contribution in [2.24, 2.45) is 11.8 Å². The molecule has 0 amide bonds. The fraction of sp³-hybridized carbons (Fsp3) is 0.515. The fourth-order valence-corrected chi connectivity index (χ4v) is 5.25. The predicted octanol–water partition coefficient (Wildman–Crippen LogP) is 7.67. The van der Waals surface area contributed by atoms with E-state index in [1.54, 1.807) is 24.3 Å². The molecule has 0 spiro atoms. The molecule has 4 N–H and O–H groups in total. The van der Waals surface area contributed by atoms with E-state index in [4.69, 9.17) is 20.9 Å². The van der Waals surface area contributed by atoms with Gasteiger partial charge < -0.3 is 20.9 Å². The zero-order valence-corrected chi connectivity index (χ0v) is 23.7. The van der Waals surface area contributed by atoms with Crippen LogP contribution in [0.25, 0.3) is 6.08 Å². The molecule has 1 aliphatic rings. The first-order valence-corrected chi connectivity index (χ1v) is 14.7. The van der Waals surface area contributed by atoms with Crippen LogP contribution in [-0.4, -0.2) is 18.5 Å². The van der Waals surface area contributed by atoms with Crippen molar-refractivity contribution >= 4 is 29.4 Å². The summed E-state index contributed by atoms with van der Waals surface area (Å²) in [6, 6.07) is 12.5. The molecule has 1 atom stereocenters. The van der Waals surface area contributed by atoms with Crippen LogP contribution >= 0.6 is 0 Å². The third kappa shape index (κ3) is 10.8. The Balaban J connectivity index is 1.35. The van der Waals surface area contributed by atoms with Crippen LogP contribution in [0.4, 0.5) is 11.4 Å². The molecule has 1 aliphatic carbocycles. The topological polar surface area (TPSA) is 105 Å². The minimum absolute atomic E-state index is 0.00805. The Kier molecular flexibility index (Phi) is 12.4. The quantitative estimate of drug-likeness (QED) is 0.0847. The van der Waals surface area contributed by atoms with Gasteiger partial charge in [0, 0.05) is 23.4 Å². The first-order chi connectivity index (χ1) is 18.8. The number of benzene rings is 2. The lowest BCUT2D eigenvalue weighted by Gasteiger charge is -2.27. The molecule has 1 fully saturated rings. The van der Waals surface area contributed by atoms with E-state index in [0.717, 1.165) is 42.7 Å². The van der Waals surface area contributed by atoms with E-state index in [9.17, 15) is 9.59 Å². The lowest BCUT2D eigenvalue weighted by molar-refractivity contribution is -0.140. The average Bonchev–Trinajstić information content (AvgIpc) is 2.93. The minimum Gasteiger partial charge on any atom is -0.462 e. The lowest BCUT2D eigenvalue weighted by atomic mass is 9.80. The molecule has 2 aromatic carbocycles. The van der Waals surface area contributed by atoms with Crippen LogP contribution in [-0.2, 0) is 14.3 Å². The van der Waals surface area contributed by atoms with Crippen LogP contribution in [0.15, 0.2) is 48.5 Å². The monoisotopic (exact) mass is 534 g/mol. The van der Waals surface area contributed by atoms with Gasteiger partial charge in [0.1, 0.15) is 5.75 Å². The summed E-state index contributed by atoms with van der Waals surface area (Å²) in [6.07, 6.45) is 16.5. The Morgan fingerprint density at radius 3 is 2.23 bits per heavy atom. The molecule has 0 aromatic heterocycles. The van der Waals surface area contributed by atoms with Crippen LogP contribution in [0.5, 0.6) is 5.75 Å². The molecule has 0 heterocycles. The van der Waals surface area contributed by atoms with Crippen LogP contribution in [0, 0.1) is 11.8 Å². The van der Waals surface area contributed by atoms with Crippen LogP contribution < -0.4 is 16.2 Å². The third-order valence-electron chi connectivity index (χ3n) is 7.70. The van der Waals surface area contributed by atoms with Crippen molar-refractivity contribution < 1.29 is 19.1 Å². The summed E-state index contributed by atoms with van der Waals surface area (Å²) >= 11 is 0. The Labute approximate surface area is 234 Å². The Morgan fingerprint density at radius 1 is 0.923 bits per heavy atom. The summed E-state index contributed by atoms with van der Waals surface area (Å²) in [7, 11) is 0. The number of nitrogen functional groups attached to an aromatic ring is 2. The number of nitrogens with two attached hydrogens (primary N) is 2. The second-order valence-corrected chi connectivity index (χ2v) is 11.1. The van der Waals surface area contributed by atoms with Gasteiger partial charge in [-0.05, 0) is 79.1 Å². The average molecular weight is 535 g/mol. The van der Waals surface area contributed by atoms with Gasteiger partial charge in [-0.3, -0.25) is 4.79 Å². The number of anilines is 2. The standard InChI is InChI=1S/C33H46N2O4/c1-3-4-5-6-7-8-9-25-10-15-27(16-11-25)33(37)39-31-17-12-26(13-18-31)14-19-32(36)38-23-24(2)28-20-29(34)22-30(35)21-28/h12-14,17-22,24-25,27H,3-11,15-16,23,34-35H2,1-2H3. The molecular weight excluding hydrogens is 488 g/mol. The second-order valence-electron chi connectivity index (χ2n) is 11.1. The Morgan fingerprint density at radius 2 is 1.56 bits per heavy atom. The van der Waals surface area contributed by atoms with Gasteiger partial charge in [-0.15, -0.1) is 0 Å². The number of unbranched alkanes of at least 4 members (excludes halogenated alkanes) is 5. The zero-order valence-electron chi connectivity index (χ0n) is 23.7. The smallest absolute Gasteiger partial charge is 0.330 e. The van der Waals surface area contributed by atoms with E-state index >= 15 is 0 Å². The van der Waals surface area contributed by atoms with Gasteiger partial charge in [-0.25, -0.2) is 4.79 Å². The number of hydrogen-bond donors (Lipinski definition) is 2. The number of hydrogen-bond acceptors (Lipinski definition) is 6. The van der Waals surface area contributed by atoms with Gasteiger partial charge in [0.05, 0.1) is 12.5 Å². The number of carbonyl (C=O) groups is 2. The molecule has 212 valence electrons. The van der Waals surface area contributed by atoms with Gasteiger partial charge in [0.15, 0.2) is 0 Å². The summed E-state index contributed by atoms with van der Waals surface area (Å²) in [5.41, 5.74) is 14.6. The van der Waals surface area contributed by atoms with Crippen molar-refractivity contribution in [1.82, 2.24) is 0 Å². The molecule has 0 bridgehead atoms. The maximum Gasteiger partial charge on any atom is 0.330 e. The molecule has 39 heavy (non-hydrogen) atoms. The number of ether oxygens (including phenoxy) is 2. The van der Waals surface area contributed by atoms with E-state index in [2.05, 4.69) is 6.92 Å². The first kappa shape index (κ1) is 30.3. The van der Waals surface area contributed by atoms with Crippen LogP contribution in [0.2, 0.25) is 0 Å². The molecule has 2 aromatic rings. The highest BCUT2D eigenvalue weighted by Gasteiger charge is 2.27. The van der Waals surface area contributed by atoms with E-state index < -0.39 is 5.97 Å². The van der Waals surface area contributed by atoms with Gasteiger partial charge in [-0.1, -0.05) is 70.9 Å². The van der Waals surface area contributed by atoms with Crippen molar-refractivity contribution in [3.05, 3.63) is 59.7 Å². The minimum atomic E-state index is -0.429. The maximum atomic E-state index is 12.7. The molecule has 3 rings (SSSR count). The van der Waals surface area contributed by atoms with Gasteiger partial charge in [0.25, 0.3) is 0 Å². The lowest BCUT2D eigenvalue weighted by Crippen LogP contribution is -2.25. The van der Waals surface area contributed by atoms with E-state index in [1.807, 2.05) is 31.2 Å². The third-order valence-corrected chi connectivity index (χ3v) is 7.70. The summed E-state index contributed by atoms with van der Waals surface area (Å²) in [4.78, 5) is 24.9. The van der Waals surface area contributed by atoms with Gasteiger partial charge >= 0.3 is 11.9 Å². The fourth-order valence-electron chi connectivity index (χ4n) is 5.25. The summed E-state index contributed by atoms with van der Waals surface area (Å²) in [6.45, 7) is 4.43. The first-order valence-electron chi connectivity index (χ1n) is 14.7. The molecule has 6 nitrogen and oxygen atoms in total. The Hall–Kier alpha value is -3.28. The number of rotatable bonds is 14.